The van der Waals surface area contributed by atoms with Crippen molar-refractivity contribution >= 4 is 0 Å². The molecule has 2 aliphatic rings. The molecule has 3 heteroatoms. The molecule has 2 unspecified atom stereocenters. The smallest absolute Gasteiger partial charge is 0.110 e. The monoisotopic (exact) mass is 267 g/mol. The van der Waals surface area contributed by atoms with Gasteiger partial charge in [0, 0.05) is 20.3 Å². The van der Waals surface area contributed by atoms with Gasteiger partial charge in [0.1, 0.15) is 5.60 Å². The van der Waals surface area contributed by atoms with E-state index < -0.39 is 0 Å². The lowest BCUT2D eigenvalue weighted by Gasteiger charge is -2.38. The molecule has 3 nitrogen and oxygen atoms in total. The summed E-state index contributed by atoms with van der Waals surface area (Å²) in [6.45, 7) is 8.92. The predicted octanol–water partition coefficient (Wildman–Crippen LogP) is 3.00. The molecule has 0 N–H and O–H groups in total. The number of ether oxygens (including phenoxy) is 2. The van der Waals surface area contributed by atoms with E-state index in [1.54, 1.807) is 7.11 Å². The Morgan fingerprint density at radius 1 is 1.37 bits per heavy atom. The summed E-state index contributed by atoms with van der Waals surface area (Å²) in [5.74, 6) is 0. The highest BCUT2D eigenvalue weighted by Crippen LogP contribution is 2.31. The third-order valence-corrected chi connectivity index (χ3v) is 4.49. The van der Waals surface area contributed by atoms with Gasteiger partial charge in [0.2, 0.25) is 0 Å². The third-order valence-electron chi connectivity index (χ3n) is 4.49. The first-order valence-electron chi connectivity index (χ1n) is 7.71. The Hall–Kier alpha value is -0.380. The van der Waals surface area contributed by atoms with E-state index in [1.807, 2.05) is 0 Å². The quantitative estimate of drug-likeness (QED) is 0.545. The van der Waals surface area contributed by atoms with Crippen LogP contribution in [0, 0.1) is 0 Å². The van der Waals surface area contributed by atoms with Gasteiger partial charge in [-0.3, -0.25) is 0 Å². The minimum atomic E-state index is -0.234. The lowest BCUT2D eigenvalue weighted by Crippen LogP contribution is -2.44. The average molecular weight is 267 g/mol. The molecule has 0 aromatic rings. The van der Waals surface area contributed by atoms with Gasteiger partial charge in [-0.05, 0) is 59.0 Å². The Morgan fingerprint density at radius 3 is 2.79 bits per heavy atom. The lowest BCUT2D eigenvalue weighted by molar-refractivity contribution is -0.104. The van der Waals surface area contributed by atoms with Crippen molar-refractivity contribution in [2.24, 2.45) is 0 Å². The van der Waals surface area contributed by atoms with Crippen molar-refractivity contribution in [3.63, 3.8) is 0 Å². The summed E-state index contributed by atoms with van der Waals surface area (Å²) in [4.78, 5) is 2.54. The van der Waals surface area contributed by atoms with Gasteiger partial charge in [0.25, 0.3) is 0 Å². The van der Waals surface area contributed by atoms with Crippen molar-refractivity contribution in [2.75, 3.05) is 33.4 Å². The van der Waals surface area contributed by atoms with Crippen LogP contribution in [0.2, 0.25) is 0 Å². The number of allylic oxidation sites excluding steroid dienone is 1. The van der Waals surface area contributed by atoms with Crippen LogP contribution in [-0.2, 0) is 9.47 Å². The molecule has 110 valence electrons. The van der Waals surface area contributed by atoms with Crippen LogP contribution >= 0.6 is 0 Å². The molecule has 0 saturated carbocycles. The summed E-state index contributed by atoms with van der Waals surface area (Å²) >= 11 is 0. The first-order valence-corrected chi connectivity index (χ1v) is 7.71. The van der Waals surface area contributed by atoms with E-state index in [0.717, 1.165) is 25.9 Å². The second-order valence-corrected chi connectivity index (χ2v) is 6.19. The fourth-order valence-electron chi connectivity index (χ4n) is 3.37. The number of rotatable bonds is 6. The minimum absolute atomic E-state index is 0.197. The Kier molecular flexibility index (Phi) is 5.43. The van der Waals surface area contributed by atoms with Crippen LogP contribution in [0.4, 0.5) is 0 Å². The maximum atomic E-state index is 6.18. The molecule has 0 aromatic carbocycles. The summed E-state index contributed by atoms with van der Waals surface area (Å²) < 4.78 is 11.8. The fraction of sp³-hybridized carbons (Fsp3) is 0.875. The SMILES string of the molecule is COC1CCC(C)=CC1(C)OCCCN1CCCC1. The lowest BCUT2D eigenvalue weighted by atomic mass is 9.85. The first kappa shape index (κ1) is 15.0. The van der Waals surface area contributed by atoms with Crippen molar-refractivity contribution in [3.8, 4) is 0 Å². The van der Waals surface area contributed by atoms with Gasteiger partial charge < -0.3 is 14.4 Å². The molecular weight excluding hydrogens is 238 g/mol. The molecule has 19 heavy (non-hydrogen) atoms. The van der Waals surface area contributed by atoms with Crippen molar-refractivity contribution in [3.05, 3.63) is 11.6 Å². The molecule has 2 atom stereocenters. The molecule has 1 heterocycles. The van der Waals surface area contributed by atoms with Crippen LogP contribution in [0.1, 0.15) is 46.0 Å². The topological polar surface area (TPSA) is 21.7 Å². The summed E-state index contributed by atoms with van der Waals surface area (Å²) in [5, 5.41) is 0. The van der Waals surface area contributed by atoms with Gasteiger partial charge in [0.15, 0.2) is 0 Å². The number of nitrogens with zero attached hydrogens (tertiary/aromatic N) is 1. The second-order valence-electron chi connectivity index (χ2n) is 6.19. The number of methoxy groups -OCH3 is 1. The molecule has 0 aromatic heterocycles. The summed E-state index contributed by atoms with van der Waals surface area (Å²) in [6, 6.07) is 0. The molecule has 1 saturated heterocycles. The Bertz CT molecular complexity index is 310. The molecule has 0 amide bonds. The van der Waals surface area contributed by atoms with E-state index in [-0.39, 0.29) is 11.7 Å². The van der Waals surface area contributed by atoms with Gasteiger partial charge in [-0.1, -0.05) is 11.6 Å². The summed E-state index contributed by atoms with van der Waals surface area (Å²) in [6.07, 6.45) is 8.52. The molecule has 1 fully saturated rings. The third kappa shape index (κ3) is 4.04. The fourth-order valence-corrected chi connectivity index (χ4v) is 3.37. The highest BCUT2D eigenvalue weighted by molar-refractivity contribution is 5.16. The zero-order chi connectivity index (χ0) is 13.7. The standard InChI is InChI=1S/C16H29NO2/c1-14-7-8-15(18-3)16(2,13-14)19-12-6-11-17-9-4-5-10-17/h13,15H,4-12H2,1-3H3. The zero-order valence-electron chi connectivity index (χ0n) is 12.8. The van der Waals surface area contributed by atoms with E-state index in [2.05, 4.69) is 24.8 Å². The van der Waals surface area contributed by atoms with Crippen LogP contribution in [0.25, 0.3) is 0 Å². The maximum absolute atomic E-state index is 6.18. The summed E-state index contributed by atoms with van der Waals surface area (Å²) in [7, 11) is 1.80. The summed E-state index contributed by atoms with van der Waals surface area (Å²) in [5.41, 5.74) is 1.19. The van der Waals surface area contributed by atoms with Gasteiger partial charge in [-0.25, -0.2) is 0 Å². The van der Waals surface area contributed by atoms with E-state index in [0.29, 0.717) is 0 Å². The molecule has 0 radical (unpaired) electrons. The van der Waals surface area contributed by atoms with Crippen LogP contribution in [0.3, 0.4) is 0 Å². The van der Waals surface area contributed by atoms with Crippen molar-refractivity contribution in [1.29, 1.82) is 0 Å². The molecule has 2 rings (SSSR count). The van der Waals surface area contributed by atoms with Crippen LogP contribution in [-0.4, -0.2) is 50.0 Å². The van der Waals surface area contributed by atoms with Crippen molar-refractivity contribution in [1.82, 2.24) is 4.90 Å². The molecule has 1 aliphatic carbocycles. The van der Waals surface area contributed by atoms with E-state index in [1.165, 1.54) is 38.0 Å². The number of hydrogen-bond donors (Lipinski definition) is 0. The van der Waals surface area contributed by atoms with Gasteiger partial charge in [-0.15, -0.1) is 0 Å². The molecule has 1 aliphatic heterocycles. The van der Waals surface area contributed by atoms with Gasteiger partial charge in [0.05, 0.1) is 6.10 Å². The van der Waals surface area contributed by atoms with E-state index in [9.17, 15) is 0 Å². The molecule has 0 spiro atoms. The normalized spacial score (nSPS) is 32.6. The Morgan fingerprint density at radius 2 is 2.11 bits per heavy atom. The van der Waals surface area contributed by atoms with Gasteiger partial charge >= 0.3 is 0 Å². The molecule has 0 bridgehead atoms. The van der Waals surface area contributed by atoms with Crippen molar-refractivity contribution in [2.45, 2.75) is 57.7 Å². The Balaban J connectivity index is 1.76. The van der Waals surface area contributed by atoms with Crippen molar-refractivity contribution < 1.29 is 9.47 Å². The van der Waals surface area contributed by atoms with Crippen LogP contribution < -0.4 is 0 Å². The Labute approximate surface area is 117 Å². The largest absolute Gasteiger partial charge is 0.378 e. The highest BCUT2D eigenvalue weighted by atomic mass is 16.5. The highest BCUT2D eigenvalue weighted by Gasteiger charge is 2.36. The average Bonchev–Trinajstić information content (AvgIpc) is 2.88. The van der Waals surface area contributed by atoms with Gasteiger partial charge in [-0.2, -0.15) is 0 Å². The predicted molar refractivity (Wildman–Crippen MR) is 78.4 cm³/mol. The van der Waals surface area contributed by atoms with E-state index in [4.69, 9.17) is 9.47 Å². The van der Waals surface area contributed by atoms with E-state index >= 15 is 0 Å². The minimum Gasteiger partial charge on any atom is -0.378 e. The van der Waals surface area contributed by atoms with Crippen LogP contribution in [0.5, 0.6) is 0 Å². The second kappa shape index (κ2) is 6.87. The number of likely N-dealkylation sites (tertiary alicyclic amines) is 1. The zero-order valence-corrected chi connectivity index (χ0v) is 12.8. The maximum Gasteiger partial charge on any atom is 0.110 e. The van der Waals surface area contributed by atoms with Crippen LogP contribution in [0.15, 0.2) is 11.6 Å². The first-order chi connectivity index (χ1) is 9.14. The molecular formula is C16H29NO2. The number of hydrogen-bond acceptors (Lipinski definition) is 3.